The third-order valence-electron chi connectivity index (χ3n) is 7.81. The number of rotatable bonds is 17. The fraction of sp³-hybridized carbons (Fsp3) is 0.441. The molecule has 220 valence electrons. The number of nitrogens with one attached hydrogen (secondary N) is 2. The van der Waals surface area contributed by atoms with Gasteiger partial charge >= 0.3 is 5.97 Å². The van der Waals surface area contributed by atoms with Crippen molar-refractivity contribution in [3.05, 3.63) is 97.1 Å². The van der Waals surface area contributed by atoms with Gasteiger partial charge in [0, 0.05) is 6.42 Å². The second-order valence-corrected chi connectivity index (χ2v) is 11.0. The maximum absolute atomic E-state index is 13.5. The minimum atomic E-state index is -0.648. The third-order valence-corrected chi connectivity index (χ3v) is 7.81. The van der Waals surface area contributed by atoms with Gasteiger partial charge in [-0.25, -0.2) is 0 Å². The molecule has 3 unspecified atom stereocenters. The van der Waals surface area contributed by atoms with Crippen LogP contribution in [0.3, 0.4) is 0 Å². The van der Waals surface area contributed by atoms with Gasteiger partial charge in [-0.3, -0.25) is 14.4 Å². The molecule has 0 saturated heterocycles. The van der Waals surface area contributed by atoms with E-state index >= 15 is 0 Å². The number of ether oxygens (including phenoxy) is 1. The number of carbonyl (C=O) groups is 3. The summed E-state index contributed by atoms with van der Waals surface area (Å²) in [5.41, 5.74) is 1.25. The molecule has 2 aromatic carbocycles. The Morgan fingerprint density at radius 3 is 2.22 bits per heavy atom. The zero-order chi connectivity index (χ0) is 29.5. The molecule has 3 rings (SSSR count). The molecule has 1 aliphatic carbocycles. The van der Waals surface area contributed by atoms with Crippen molar-refractivity contribution in [1.82, 2.24) is 10.6 Å². The highest BCUT2D eigenvalue weighted by molar-refractivity contribution is 5.86. The fourth-order valence-corrected chi connectivity index (χ4v) is 5.43. The van der Waals surface area contributed by atoms with E-state index in [-0.39, 0.29) is 43.3 Å². The summed E-state index contributed by atoms with van der Waals surface area (Å²) in [5.74, 6) is -1.89. The van der Waals surface area contributed by atoms with Gasteiger partial charge in [0.2, 0.25) is 11.8 Å². The molecule has 7 heteroatoms. The van der Waals surface area contributed by atoms with Crippen molar-refractivity contribution < 1.29 is 24.2 Å². The molecule has 1 aliphatic rings. The average Bonchev–Trinajstić information content (AvgIpc) is 3.46. The first-order valence-corrected chi connectivity index (χ1v) is 14.6. The summed E-state index contributed by atoms with van der Waals surface area (Å²) in [6, 6.07) is 18.6. The van der Waals surface area contributed by atoms with E-state index in [1.165, 1.54) is 0 Å². The monoisotopic (exact) mass is 560 g/mol. The summed E-state index contributed by atoms with van der Waals surface area (Å²) < 4.78 is 5.81. The van der Waals surface area contributed by atoms with Gasteiger partial charge in [0.1, 0.15) is 6.61 Å². The van der Waals surface area contributed by atoms with Crippen LogP contribution < -0.4 is 10.6 Å². The van der Waals surface area contributed by atoms with Crippen LogP contribution in [0.25, 0.3) is 0 Å². The molecule has 0 aliphatic heterocycles. The van der Waals surface area contributed by atoms with Gasteiger partial charge < -0.3 is 20.5 Å². The summed E-state index contributed by atoms with van der Waals surface area (Å²) in [4.78, 5) is 39.6. The van der Waals surface area contributed by atoms with Crippen LogP contribution in [0.15, 0.2) is 86.0 Å². The highest BCUT2D eigenvalue weighted by atomic mass is 16.5. The molecule has 1 fully saturated rings. The average molecular weight is 561 g/mol. The molecule has 41 heavy (non-hydrogen) atoms. The van der Waals surface area contributed by atoms with Crippen LogP contribution in [0, 0.1) is 11.8 Å². The lowest BCUT2D eigenvalue weighted by atomic mass is 9.94. The lowest BCUT2D eigenvalue weighted by Gasteiger charge is -2.29. The largest absolute Gasteiger partial charge is 0.463 e. The Balaban J connectivity index is 1.68. The first-order chi connectivity index (χ1) is 19.9. The predicted molar refractivity (Wildman–Crippen MR) is 161 cm³/mol. The number of esters is 1. The summed E-state index contributed by atoms with van der Waals surface area (Å²) in [7, 11) is 0. The van der Waals surface area contributed by atoms with Crippen molar-refractivity contribution in [1.29, 1.82) is 0 Å². The number of benzene rings is 2. The highest BCUT2D eigenvalue weighted by Gasteiger charge is 2.35. The number of allylic oxidation sites excluding steroid dienone is 2. The molecule has 0 heterocycles. The third kappa shape index (κ3) is 10.0. The Labute approximate surface area is 244 Å². The van der Waals surface area contributed by atoms with E-state index in [1.54, 1.807) is 12.2 Å². The Morgan fingerprint density at radius 1 is 0.951 bits per heavy atom. The summed E-state index contributed by atoms with van der Waals surface area (Å²) in [5, 5.41) is 15.9. The van der Waals surface area contributed by atoms with Crippen LogP contribution in [0.5, 0.6) is 0 Å². The number of aliphatic hydroxyl groups is 1. The van der Waals surface area contributed by atoms with Crippen molar-refractivity contribution in [2.45, 2.75) is 69.4 Å². The molecule has 7 nitrogen and oxygen atoms in total. The molecule has 0 spiro atoms. The fourth-order valence-electron chi connectivity index (χ4n) is 5.43. The van der Waals surface area contributed by atoms with Gasteiger partial charge in [-0.05, 0) is 49.7 Å². The number of amides is 2. The topological polar surface area (TPSA) is 105 Å². The SMILES string of the molecule is C=CCCC(Cc1ccccc1)C(=O)OCC(NC(=O)C(CC=C)CC(=O)NC1(CO)CCCC1)c1ccccc1. The van der Waals surface area contributed by atoms with Crippen LogP contribution in [0.4, 0.5) is 0 Å². The van der Waals surface area contributed by atoms with Crippen LogP contribution in [-0.2, 0) is 25.5 Å². The zero-order valence-electron chi connectivity index (χ0n) is 23.9. The first kappa shape index (κ1) is 31.8. The molecule has 1 saturated carbocycles. The standard InChI is InChI=1S/C34H44N2O5/c1-3-5-17-29(22-26-15-8-6-9-16-26)33(40)41-24-30(27-18-10-7-11-19-27)35-32(39)28(14-4-2)23-31(38)36-34(25-37)20-12-13-21-34/h3-4,6-11,15-16,18-19,28-30,37H,1-2,5,12-14,17,20-25H2,(H,35,39)(H,36,38). The van der Waals surface area contributed by atoms with Gasteiger partial charge in [0.25, 0.3) is 0 Å². The van der Waals surface area contributed by atoms with Gasteiger partial charge in [0.05, 0.1) is 30.0 Å². The van der Waals surface area contributed by atoms with Gasteiger partial charge in [0.15, 0.2) is 0 Å². The summed E-state index contributed by atoms with van der Waals surface area (Å²) in [6.07, 6.45) is 8.93. The molecule has 2 aromatic rings. The Hall–Kier alpha value is -3.71. The highest BCUT2D eigenvalue weighted by Crippen LogP contribution is 2.29. The van der Waals surface area contributed by atoms with Gasteiger partial charge in [-0.15, -0.1) is 13.2 Å². The van der Waals surface area contributed by atoms with E-state index < -0.39 is 17.5 Å². The van der Waals surface area contributed by atoms with Crippen LogP contribution in [0.1, 0.15) is 68.5 Å². The Bertz CT molecular complexity index is 1130. The zero-order valence-corrected chi connectivity index (χ0v) is 23.9. The van der Waals surface area contributed by atoms with E-state index in [0.717, 1.165) is 36.8 Å². The molecular formula is C34H44N2O5. The summed E-state index contributed by atoms with van der Waals surface area (Å²) >= 11 is 0. The quantitative estimate of drug-likeness (QED) is 0.182. The van der Waals surface area contributed by atoms with Crippen LogP contribution in [-0.4, -0.2) is 41.6 Å². The van der Waals surface area contributed by atoms with Crippen molar-refractivity contribution in [3.63, 3.8) is 0 Å². The van der Waals surface area contributed by atoms with Crippen molar-refractivity contribution in [2.24, 2.45) is 11.8 Å². The number of hydrogen-bond acceptors (Lipinski definition) is 5. The van der Waals surface area contributed by atoms with E-state index in [4.69, 9.17) is 4.74 Å². The van der Waals surface area contributed by atoms with E-state index in [2.05, 4.69) is 23.8 Å². The maximum Gasteiger partial charge on any atom is 0.309 e. The molecule has 3 N–H and O–H groups in total. The second-order valence-electron chi connectivity index (χ2n) is 11.0. The molecule has 0 bridgehead atoms. The summed E-state index contributed by atoms with van der Waals surface area (Å²) in [6.45, 7) is 7.41. The van der Waals surface area contributed by atoms with Crippen molar-refractivity contribution in [2.75, 3.05) is 13.2 Å². The van der Waals surface area contributed by atoms with Crippen molar-refractivity contribution in [3.8, 4) is 0 Å². The number of aliphatic hydroxyl groups excluding tert-OH is 1. The van der Waals surface area contributed by atoms with Crippen LogP contribution >= 0.6 is 0 Å². The first-order valence-electron chi connectivity index (χ1n) is 14.6. The maximum atomic E-state index is 13.5. The normalized spacial score (nSPS) is 16.1. The van der Waals surface area contributed by atoms with Crippen molar-refractivity contribution >= 4 is 17.8 Å². The van der Waals surface area contributed by atoms with E-state index in [0.29, 0.717) is 25.7 Å². The van der Waals surface area contributed by atoms with E-state index in [9.17, 15) is 19.5 Å². The van der Waals surface area contributed by atoms with Crippen LogP contribution in [0.2, 0.25) is 0 Å². The molecular weight excluding hydrogens is 516 g/mol. The predicted octanol–water partition coefficient (Wildman–Crippen LogP) is 5.22. The van der Waals surface area contributed by atoms with Gasteiger partial charge in [-0.2, -0.15) is 0 Å². The number of hydrogen-bond donors (Lipinski definition) is 3. The lowest BCUT2D eigenvalue weighted by molar-refractivity contribution is -0.150. The molecule has 2 amide bonds. The molecule has 0 radical (unpaired) electrons. The second kappa shape index (κ2) is 16.5. The number of carbonyl (C=O) groups excluding carboxylic acids is 3. The Kier molecular flexibility index (Phi) is 12.8. The minimum absolute atomic E-state index is 0.0262. The molecule has 0 aromatic heterocycles. The van der Waals surface area contributed by atoms with E-state index in [1.807, 2.05) is 60.7 Å². The smallest absolute Gasteiger partial charge is 0.309 e. The lowest BCUT2D eigenvalue weighted by Crippen LogP contribution is -2.50. The Morgan fingerprint density at radius 2 is 1.61 bits per heavy atom. The minimum Gasteiger partial charge on any atom is -0.463 e. The van der Waals surface area contributed by atoms with Gasteiger partial charge in [-0.1, -0.05) is 85.7 Å². The molecule has 3 atom stereocenters.